The van der Waals surface area contributed by atoms with Crippen LogP contribution in [0.15, 0.2) is 18.3 Å². The molecule has 2 aliphatic rings. The Morgan fingerprint density at radius 3 is 3.00 bits per heavy atom. The largest absolute Gasteiger partial charge is 0.385 e. The molecular weight excluding hydrogens is 238 g/mol. The van der Waals surface area contributed by atoms with Gasteiger partial charge in [-0.2, -0.15) is 0 Å². The minimum Gasteiger partial charge on any atom is -0.385 e. The first-order valence-corrected chi connectivity index (χ1v) is 7.27. The first-order chi connectivity index (χ1) is 9.26. The van der Waals surface area contributed by atoms with E-state index in [2.05, 4.69) is 15.6 Å². The molecule has 4 heteroatoms. The second kappa shape index (κ2) is 5.19. The number of nitrogens with zero attached hydrogens (tertiary/aromatic N) is 1. The van der Waals surface area contributed by atoms with Gasteiger partial charge in [-0.05, 0) is 50.2 Å². The molecule has 2 N–H and O–H groups in total. The SMILES string of the molecule is CCNc1ccnc(C(=O)NC2CC3CCC2C3)c1. The summed E-state index contributed by atoms with van der Waals surface area (Å²) in [6.45, 7) is 2.88. The van der Waals surface area contributed by atoms with Crippen LogP contribution in [0.4, 0.5) is 5.69 Å². The molecule has 102 valence electrons. The van der Waals surface area contributed by atoms with Gasteiger partial charge in [-0.25, -0.2) is 0 Å². The van der Waals surface area contributed by atoms with E-state index < -0.39 is 0 Å². The molecule has 0 spiro atoms. The van der Waals surface area contributed by atoms with Crippen LogP contribution in [0.2, 0.25) is 0 Å². The molecule has 3 unspecified atom stereocenters. The van der Waals surface area contributed by atoms with E-state index in [0.717, 1.165) is 24.6 Å². The molecule has 2 bridgehead atoms. The van der Waals surface area contributed by atoms with Gasteiger partial charge in [0.2, 0.25) is 0 Å². The molecule has 3 rings (SSSR count). The molecular formula is C15H21N3O. The van der Waals surface area contributed by atoms with Crippen molar-refractivity contribution >= 4 is 11.6 Å². The van der Waals surface area contributed by atoms with Gasteiger partial charge >= 0.3 is 0 Å². The van der Waals surface area contributed by atoms with Gasteiger partial charge in [0.05, 0.1) is 0 Å². The molecule has 2 fully saturated rings. The number of hydrogen-bond donors (Lipinski definition) is 2. The molecule has 1 aromatic rings. The molecule has 3 atom stereocenters. The molecule has 1 aromatic heterocycles. The number of nitrogens with one attached hydrogen (secondary N) is 2. The highest BCUT2D eigenvalue weighted by Gasteiger charge is 2.40. The van der Waals surface area contributed by atoms with E-state index in [9.17, 15) is 4.79 Å². The van der Waals surface area contributed by atoms with Crippen LogP contribution in [-0.2, 0) is 0 Å². The fraction of sp³-hybridized carbons (Fsp3) is 0.600. The van der Waals surface area contributed by atoms with Crippen molar-refractivity contribution in [2.75, 3.05) is 11.9 Å². The molecule has 0 aromatic carbocycles. The standard InChI is InChI=1S/C15H21N3O/c1-2-16-12-5-6-17-14(9-12)15(19)18-13-8-10-3-4-11(13)7-10/h5-6,9-11,13H,2-4,7-8H2,1H3,(H,16,17)(H,18,19). The Hall–Kier alpha value is -1.58. The van der Waals surface area contributed by atoms with Crippen LogP contribution in [0.5, 0.6) is 0 Å². The van der Waals surface area contributed by atoms with Crippen molar-refractivity contribution < 1.29 is 4.79 Å². The van der Waals surface area contributed by atoms with E-state index in [1.807, 2.05) is 19.1 Å². The Morgan fingerprint density at radius 2 is 2.32 bits per heavy atom. The lowest BCUT2D eigenvalue weighted by atomic mass is 9.95. The predicted octanol–water partition coefficient (Wildman–Crippen LogP) is 2.43. The minimum absolute atomic E-state index is 0.0303. The van der Waals surface area contributed by atoms with Crippen molar-refractivity contribution in [1.82, 2.24) is 10.3 Å². The summed E-state index contributed by atoms with van der Waals surface area (Å²) in [6.07, 6.45) is 6.78. The zero-order valence-corrected chi connectivity index (χ0v) is 11.4. The first kappa shape index (κ1) is 12.5. The van der Waals surface area contributed by atoms with Crippen molar-refractivity contribution in [3.63, 3.8) is 0 Å². The summed E-state index contributed by atoms with van der Waals surface area (Å²) in [7, 11) is 0. The summed E-state index contributed by atoms with van der Waals surface area (Å²) in [4.78, 5) is 16.4. The number of rotatable bonds is 4. The summed E-state index contributed by atoms with van der Waals surface area (Å²) in [5.74, 6) is 1.51. The van der Waals surface area contributed by atoms with Gasteiger partial charge < -0.3 is 10.6 Å². The number of amides is 1. The normalized spacial score (nSPS) is 28.4. The highest BCUT2D eigenvalue weighted by molar-refractivity contribution is 5.93. The van der Waals surface area contributed by atoms with E-state index in [4.69, 9.17) is 0 Å². The van der Waals surface area contributed by atoms with Gasteiger partial charge in [0.1, 0.15) is 5.69 Å². The highest BCUT2D eigenvalue weighted by atomic mass is 16.1. The lowest BCUT2D eigenvalue weighted by molar-refractivity contribution is 0.0918. The summed E-state index contributed by atoms with van der Waals surface area (Å²) < 4.78 is 0. The summed E-state index contributed by atoms with van der Waals surface area (Å²) in [6, 6.07) is 4.08. The van der Waals surface area contributed by atoms with Crippen LogP contribution in [0.1, 0.15) is 43.1 Å². The average molecular weight is 259 g/mol. The molecule has 2 saturated carbocycles. The molecule has 4 nitrogen and oxygen atoms in total. The Balaban J connectivity index is 1.65. The number of aromatic nitrogens is 1. The number of pyridine rings is 1. The summed E-state index contributed by atoms with van der Waals surface area (Å²) in [5, 5.41) is 6.37. The Bertz CT molecular complexity index is 474. The Morgan fingerprint density at radius 1 is 1.42 bits per heavy atom. The second-order valence-corrected chi connectivity index (χ2v) is 5.71. The van der Waals surface area contributed by atoms with Gasteiger partial charge in [-0.1, -0.05) is 6.42 Å². The molecule has 1 amide bonds. The van der Waals surface area contributed by atoms with Gasteiger partial charge in [0, 0.05) is 24.5 Å². The Kier molecular flexibility index (Phi) is 3.40. The monoisotopic (exact) mass is 259 g/mol. The third-order valence-electron chi connectivity index (χ3n) is 4.43. The second-order valence-electron chi connectivity index (χ2n) is 5.71. The lowest BCUT2D eigenvalue weighted by Crippen LogP contribution is -2.38. The van der Waals surface area contributed by atoms with Gasteiger partial charge in [-0.15, -0.1) is 0 Å². The number of carbonyl (C=O) groups is 1. The summed E-state index contributed by atoms with van der Waals surface area (Å²) >= 11 is 0. The van der Waals surface area contributed by atoms with Crippen molar-refractivity contribution in [2.45, 2.75) is 38.6 Å². The Labute approximate surface area is 114 Å². The maximum absolute atomic E-state index is 12.2. The van der Waals surface area contributed by atoms with Crippen LogP contribution in [0.25, 0.3) is 0 Å². The number of anilines is 1. The zero-order chi connectivity index (χ0) is 13.2. The molecule has 19 heavy (non-hydrogen) atoms. The molecule has 1 heterocycles. The molecule has 0 aliphatic heterocycles. The van der Waals surface area contributed by atoms with Crippen molar-refractivity contribution in [1.29, 1.82) is 0 Å². The summed E-state index contributed by atoms with van der Waals surface area (Å²) in [5.41, 5.74) is 1.47. The fourth-order valence-electron chi connectivity index (χ4n) is 3.53. The topological polar surface area (TPSA) is 54.0 Å². The molecule has 0 saturated heterocycles. The smallest absolute Gasteiger partial charge is 0.270 e. The van der Waals surface area contributed by atoms with Crippen LogP contribution in [-0.4, -0.2) is 23.5 Å². The quantitative estimate of drug-likeness (QED) is 0.873. The van der Waals surface area contributed by atoms with E-state index in [0.29, 0.717) is 17.7 Å². The predicted molar refractivity (Wildman–Crippen MR) is 75.1 cm³/mol. The highest BCUT2D eigenvalue weighted by Crippen LogP contribution is 2.44. The minimum atomic E-state index is -0.0303. The lowest BCUT2D eigenvalue weighted by Gasteiger charge is -2.22. The van der Waals surface area contributed by atoms with Crippen molar-refractivity contribution in [3.05, 3.63) is 24.0 Å². The van der Waals surface area contributed by atoms with Crippen LogP contribution >= 0.6 is 0 Å². The fourth-order valence-corrected chi connectivity index (χ4v) is 3.53. The van der Waals surface area contributed by atoms with Crippen LogP contribution in [0.3, 0.4) is 0 Å². The van der Waals surface area contributed by atoms with Gasteiger partial charge in [-0.3, -0.25) is 9.78 Å². The number of hydrogen-bond acceptors (Lipinski definition) is 3. The van der Waals surface area contributed by atoms with Crippen molar-refractivity contribution in [3.8, 4) is 0 Å². The zero-order valence-electron chi connectivity index (χ0n) is 11.4. The number of carbonyl (C=O) groups excluding carboxylic acids is 1. The average Bonchev–Trinajstić information content (AvgIpc) is 3.02. The first-order valence-electron chi connectivity index (χ1n) is 7.27. The third-order valence-corrected chi connectivity index (χ3v) is 4.43. The van der Waals surface area contributed by atoms with E-state index >= 15 is 0 Å². The van der Waals surface area contributed by atoms with E-state index in [-0.39, 0.29) is 5.91 Å². The van der Waals surface area contributed by atoms with Crippen LogP contribution in [0, 0.1) is 11.8 Å². The van der Waals surface area contributed by atoms with Crippen LogP contribution < -0.4 is 10.6 Å². The van der Waals surface area contributed by atoms with Crippen molar-refractivity contribution in [2.24, 2.45) is 11.8 Å². The molecule has 2 aliphatic carbocycles. The molecule has 0 radical (unpaired) electrons. The maximum atomic E-state index is 12.2. The van der Waals surface area contributed by atoms with E-state index in [1.165, 1.54) is 19.3 Å². The van der Waals surface area contributed by atoms with E-state index in [1.54, 1.807) is 6.20 Å². The third kappa shape index (κ3) is 2.57. The van der Waals surface area contributed by atoms with Gasteiger partial charge in [0.25, 0.3) is 5.91 Å². The maximum Gasteiger partial charge on any atom is 0.270 e. The van der Waals surface area contributed by atoms with Gasteiger partial charge in [0.15, 0.2) is 0 Å². The number of fused-ring (bicyclic) bond motifs is 2.